The molecule has 1 amide bonds. The van der Waals surface area contributed by atoms with Crippen LogP contribution in [0.2, 0.25) is 0 Å². The lowest BCUT2D eigenvalue weighted by atomic mass is 10.2. The molecule has 0 radical (unpaired) electrons. The minimum atomic E-state index is -0.811. The molecule has 0 fully saturated rings. The smallest absolute Gasteiger partial charge is 0.263 e. The van der Waals surface area contributed by atoms with Gasteiger partial charge >= 0.3 is 0 Å². The van der Waals surface area contributed by atoms with Crippen LogP contribution in [0.3, 0.4) is 0 Å². The quantitative estimate of drug-likeness (QED) is 0.534. The molecular formula is C20H19BrFN3O3. The fraction of sp³-hybridized carbons (Fsp3) is 0.250. The molecule has 0 unspecified atom stereocenters. The van der Waals surface area contributed by atoms with Gasteiger partial charge in [0.1, 0.15) is 0 Å². The minimum Gasteiger partial charge on any atom is -0.478 e. The van der Waals surface area contributed by atoms with E-state index in [0.29, 0.717) is 18.1 Å². The van der Waals surface area contributed by atoms with Crippen molar-refractivity contribution in [1.82, 2.24) is 15.0 Å². The molecule has 3 rings (SSSR count). The Bertz CT molecular complexity index is 963. The topological polar surface area (TPSA) is 68.5 Å². The van der Waals surface area contributed by atoms with Crippen LogP contribution in [0.4, 0.5) is 4.39 Å². The highest BCUT2D eigenvalue weighted by Crippen LogP contribution is 2.21. The number of benzene rings is 2. The van der Waals surface area contributed by atoms with Crippen molar-refractivity contribution in [1.29, 1.82) is 0 Å². The SMILES string of the molecule is CC[C@@H](Oc1ccccc1F)C(=O)N(C)Cc1nc(-c2cccc(Br)c2)no1. The van der Waals surface area contributed by atoms with E-state index in [1.807, 2.05) is 24.3 Å². The zero-order chi connectivity index (χ0) is 20.1. The van der Waals surface area contributed by atoms with Crippen LogP contribution in [0.5, 0.6) is 5.75 Å². The molecule has 0 N–H and O–H groups in total. The number of rotatable bonds is 7. The molecule has 8 heteroatoms. The second kappa shape index (κ2) is 8.97. The van der Waals surface area contributed by atoms with Crippen molar-refractivity contribution in [2.24, 2.45) is 0 Å². The van der Waals surface area contributed by atoms with E-state index in [1.165, 1.54) is 17.0 Å². The third-order valence-electron chi connectivity index (χ3n) is 4.05. The summed E-state index contributed by atoms with van der Waals surface area (Å²) in [4.78, 5) is 18.5. The van der Waals surface area contributed by atoms with Gasteiger partial charge in [-0.25, -0.2) is 4.39 Å². The van der Waals surface area contributed by atoms with E-state index in [1.54, 1.807) is 26.1 Å². The molecule has 0 aliphatic rings. The lowest BCUT2D eigenvalue weighted by Crippen LogP contribution is -2.39. The average molecular weight is 448 g/mol. The summed E-state index contributed by atoms with van der Waals surface area (Å²) in [7, 11) is 1.61. The second-order valence-corrected chi connectivity index (χ2v) is 7.08. The highest BCUT2D eigenvalue weighted by atomic mass is 79.9. The van der Waals surface area contributed by atoms with Crippen molar-refractivity contribution in [3.05, 3.63) is 64.7 Å². The summed E-state index contributed by atoms with van der Waals surface area (Å²) < 4.78 is 25.5. The lowest BCUT2D eigenvalue weighted by Gasteiger charge is -2.22. The molecule has 0 saturated carbocycles. The van der Waals surface area contributed by atoms with Crippen LogP contribution >= 0.6 is 15.9 Å². The molecule has 0 aliphatic carbocycles. The number of ether oxygens (including phenoxy) is 1. The number of hydrogen-bond donors (Lipinski definition) is 0. The third-order valence-corrected chi connectivity index (χ3v) is 4.54. The Kier molecular flexibility index (Phi) is 6.41. The number of carbonyl (C=O) groups excluding carboxylic acids is 1. The van der Waals surface area contributed by atoms with Gasteiger partial charge in [-0.1, -0.05) is 52.3 Å². The van der Waals surface area contributed by atoms with Crippen LogP contribution in [0.15, 0.2) is 57.5 Å². The summed E-state index contributed by atoms with van der Waals surface area (Å²) in [6.45, 7) is 1.92. The number of nitrogens with zero attached hydrogens (tertiary/aromatic N) is 3. The first-order chi connectivity index (χ1) is 13.5. The first kappa shape index (κ1) is 20.0. The highest BCUT2D eigenvalue weighted by Gasteiger charge is 2.25. The van der Waals surface area contributed by atoms with Crippen molar-refractivity contribution in [3.8, 4) is 17.1 Å². The van der Waals surface area contributed by atoms with Crippen LogP contribution in [0.25, 0.3) is 11.4 Å². The van der Waals surface area contributed by atoms with Crippen LogP contribution in [0, 0.1) is 5.82 Å². The van der Waals surface area contributed by atoms with E-state index in [2.05, 4.69) is 26.1 Å². The van der Waals surface area contributed by atoms with E-state index in [-0.39, 0.29) is 18.2 Å². The van der Waals surface area contributed by atoms with Gasteiger partial charge in [-0.2, -0.15) is 4.98 Å². The Morgan fingerprint density at radius 2 is 2.07 bits per heavy atom. The molecule has 2 aromatic carbocycles. The van der Waals surface area contributed by atoms with Gasteiger partial charge in [-0.15, -0.1) is 0 Å². The summed E-state index contributed by atoms with van der Waals surface area (Å²) in [6.07, 6.45) is -0.417. The number of likely N-dealkylation sites (N-methyl/N-ethyl adjacent to an activating group) is 1. The fourth-order valence-electron chi connectivity index (χ4n) is 2.59. The Hall–Kier alpha value is -2.74. The van der Waals surface area contributed by atoms with Gasteiger partial charge in [-0.3, -0.25) is 4.79 Å². The zero-order valence-corrected chi connectivity index (χ0v) is 17.0. The number of para-hydroxylation sites is 1. The first-order valence-corrected chi connectivity index (χ1v) is 9.52. The first-order valence-electron chi connectivity index (χ1n) is 8.72. The molecule has 6 nitrogen and oxygen atoms in total. The number of carbonyl (C=O) groups is 1. The Morgan fingerprint density at radius 3 is 2.79 bits per heavy atom. The van der Waals surface area contributed by atoms with Gasteiger partial charge in [-0.05, 0) is 30.7 Å². The highest BCUT2D eigenvalue weighted by molar-refractivity contribution is 9.10. The van der Waals surface area contributed by atoms with Gasteiger partial charge in [0.15, 0.2) is 17.7 Å². The second-order valence-electron chi connectivity index (χ2n) is 6.16. The van der Waals surface area contributed by atoms with Gasteiger partial charge in [0.25, 0.3) is 5.91 Å². The van der Waals surface area contributed by atoms with Gasteiger partial charge < -0.3 is 14.2 Å². The molecule has 0 bridgehead atoms. The van der Waals surface area contributed by atoms with Crippen molar-refractivity contribution in [3.63, 3.8) is 0 Å². The van der Waals surface area contributed by atoms with Crippen LogP contribution in [0.1, 0.15) is 19.2 Å². The number of hydrogen-bond acceptors (Lipinski definition) is 5. The van der Waals surface area contributed by atoms with E-state index >= 15 is 0 Å². The van der Waals surface area contributed by atoms with Crippen LogP contribution in [-0.4, -0.2) is 34.1 Å². The molecule has 1 aromatic heterocycles. The Balaban J connectivity index is 1.67. The van der Waals surface area contributed by atoms with Gasteiger partial charge in [0, 0.05) is 17.1 Å². The standard InChI is InChI=1S/C20H19BrFN3O3/c1-3-16(27-17-10-5-4-9-15(17)22)20(26)25(2)12-18-23-19(24-28-18)13-7-6-8-14(21)11-13/h4-11,16H,3,12H2,1-2H3/t16-/m1/s1. The minimum absolute atomic E-state index is 0.0471. The van der Waals surface area contributed by atoms with Gasteiger partial charge in [0.05, 0.1) is 6.54 Å². The largest absolute Gasteiger partial charge is 0.478 e. The maximum Gasteiger partial charge on any atom is 0.263 e. The summed E-state index contributed by atoms with van der Waals surface area (Å²) >= 11 is 3.40. The maximum absolute atomic E-state index is 13.8. The number of halogens is 2. The molecule has 146 valence electrons. The summed E-state index contributed by atoms with van der Waals surface area (Å²) in [5, 5.41) is 3.96. The predicted molar refractivity (Wildman–Crippen MR) is 105 cm³/mol. The normalized spacial score (nSPS) is 11.9. The van der Waals surface area contributed by atoms with E-state index in [9.17, 15) is 9.18 Å². The molecule has 1 heterocycles. The zero-order valence-electron chi connectivity index (χ0n) is 15.4. The molecule has 0 aliphatic heterocycles. The molecular weight excluding hydrogens is 429 g/mol. The van der Waals surface area contributed by atoms with E-state index < -0.39 is 11.9 Å². The molecule has 0 spiro atoms. The van der Waals surface area contributed by atoms with E-state index in [0.717, 1.165) is 10.0 Å². The third kappa shape index (κ3) is 4.75. The molecule has 3 aromatic rings. The van der Waals surface area contributed by atoms with Crippen molar-refractivity contribution >= 4 is 21.8 Å². The fourth-order valence-corrected chi connectivity index (χ4v) is 2.99. The Morgan fingerprint density at radius 1 is 1.29 bits per heavy atom. The predicted octanol–water partition coefficient (Wildman–Crippen LogP) is 4.45. The van der Waals surface area contributed by atoms with Crippen molar-refractivity contribution in [2.45, 2.75) is 26.0 Å². The average Bonchev–Trinajstić information content (AvgIpc) is 3.15. The summed E-state index contributed by atoms with van der Waals surface area (Å²) in [5.41, 5.74) is 0.799. The Labute approximate surface area is 170 Å². The number of aromatic nitrogens is 2. The molecule has 0 saturated heterocycles. The molecule has 1 atom stereocenters. The van der Waals surface area contributed by atoms with Crippen molar-refractivity contribution in [2.75, 3.05) is 7.05 Å². The monoisotopic (exact) mass is 447 g/mol. The maximum atomic E-state index is 13.8. The van der Waals surface area contributed by atoms with Crippen LogP contribution < -0.4 is 4.74 Å². The lowest BCUT2D eigenvalue weighted by molar-refractivity contribution is -0.138. The molecule has 28 heavy (non-hydrogen) atoms. The van der Waals surface area contributed by atoms with E-state index in [4.69, 9.17) is 9.26 Å². The van der Waals surface area contributed by atoms with Gasteiger partial charge in [0.2, 0.25) is 11.7 Å². The summed E-state index contributed by atoms with van der Waals surface area (Å²) in [6, 6.07) is 13.5. The van der Waals surface area contributed by atoms with Crippen LogP contribution in [-0.2, 0) is 11.3 Å². The summed E-state index contributed by atoms with van der Waals surface area (Å²) in [5.74, 6) is -0.0240. The van der Waals surface area contributed by atoms with Crippen molar-refractivity contribution < 1.29 is 18.4 Å². The number of amides is 1.